The number of sulfonamides is 1. The van der Waals surface area contributed by atoms with Gasteiger partial charge < -0.3 is 9.80 Å². The van der Waals surface area contributed by atoms with Crippen molar-refractivity contribution in [2.45, 2.75) is 25.7 Å². The molecule has 0 saturated carbocycles. The second kappa shape index (κ2) is 6.74. The summed E-state index contributed by atoms with van der Waals surface area (Å²) in [7, 11) is -3.19. The molecule has 2 aliphatic rings. The minimum Gasteiger partial charge on any atom is -0.341 e. The van der Waals surface area contributed by atoms with E-state index >= 15 is 0 Å². The van der Waals surface area contributed by atoms with E-state index in [0.717, 1.165) is 25.5 Å². The minimum atomic E-state index is -3.19. The van der Waals surface area contributed by atoms with Crippen molar-refractivity contribution in [3.05, 3.63) is 0 Å². The molecule has 0 bridgehead atoms. The Labute approximate surface area is 125 Å². The van der Waals surface area contributed by atoms with Crippen molar-refractivity contribution in [2.75, 3.05) is 39.0 Å². The summed E-state index contributed by atoms with van der Waals surface area (Å²) in [5.74, 6) is 0.164. The van der Waals surface area contributed by atoms with Gasteiger partial charge in [0.2, 0.25) is 21.8 Å². The molecule has 2 aliphatic heterocycles. The lowest BCUT2D eigenvalue weighted by Crippen LogP contribution is -2.47. The second-order valence-electron chi connectivity index (χ2n) is 5.89. The molecule has 8 heteroatoms. The number of carbonyl (C=O) groups is 2. The van der Waals surface area contributed by atoms with Crippen molar-refractivity contribution in [1.29, 1.82) is 0 Å². The fourth-order valence-electron chi connectivity index (χ4n) is 2.86. The fraction of sp³-hybridized carbons (Fsp3) is 0.846. The molecule has 2 saturated heterocycles. The summed E-state index contributed by atoms with van der Waals surface area (Å²) in [6.07, 6.45) is 4.28. The zero-order chi connectivity index (χ0) is 15.5. The molecule has 1 atom stereocenters. The van der Waals surface area contributed by atoms with Crippen molar-refractivity contribution < 1.29 is 18.0 Å². The summed E-state index contributed by atoms with van der Waals surface area (Å²) in [4.78, 5) is 27.2. The SMILES string of the molecule is CS(=O)(=O)NC[C@@H]1CCCN(C(=O)CN2CCCC2=O)C1. The van der Waals surface area contributed by atoms with E-state index in [9.17, 15) is 18.0 Å². The molecule has 2 heterocycles. The molecule has 21 heavy (non-hydrogen) atoms. The van der Waals surface area contributed by atoms with E-state index in [2.05, 4.69) is 4.72 Å². The first kappa shape index (κ1) is 16.2. The van der Waals surface area contributed by atoms with Crippen LogP contribution in [0.5, 0.6) is 0 Å². The molecule has 120 valence electrons. The van der Waals surface area contributed by atoms with Gasteiger partial charge >= 0.3 is 0 Å². The third-order valence-corrected chi connectivity index (χ3v) is 4.69. The molecule has 0 spiro atoms. The first-order valence-electron chi connectivity index (χ1n) is 7.35. The van der Waals surface area contributed by atoms with Crippen molar-refractivity contribution in [2.24, 2.45) is 5.92 Å². The van der Waals surface area contributed by atoms with Gasteiger partial charge in [0.1, 0.15) is 0 Å². The van der Waals surface area contributed by atoms with E-state index in [1.54, 1.807) is 9.80 Å². The number of nitrogens with one attached hydrogen (secondary N) is 1. The van der Waals surface area contributed by atoms with Crippen molar-refractivity contribution >= 4 is 21.8 Å². The Morgan fingerprint density at radius 1 is 1.33 bits per heavy atom. The van der Waals surface area contributed by atoms with Gasteiger partial charge in [0.25, 0.3) is 0 Å². The van der Waals surface area contributed by atoms with E-state index in [4.69, 9.17) is 0 Å². The maximum atomic E-state index is 12.2. The van der Waals surface area contributed by atoms with Crippen LogP contribution in [-0.2, 0) is 19.6 Å². The third kappa shape index (κ3) is 4.96. The Morgan fingerprint density at radius 3 is 2.71 bits per heavy atom. The number of hydrogen-bond donors (Lipinski definition) is 1. The summed E-state index contributed by atoms with van der Waals surface area (Å²) >= 11 is 0. The Bertz CT molecular complexity index is 506. The number of hydrogen-bond acceptors (Lipinski definition) is 4. The zero-order valence-electron chi connectivity index (χ0n) is 12.4. The Balaban J connectivity index is 1.82. The lowest BCUT2D eigenvalue weighted by atomic mass is 9.98. The molecule has 0 aromatic carbocycles. The molecular weight excluding hydrogens is 294 g/mol. The largest absolute Gasteiger partial charge is 0.341 e. The first-order chi connectivity index (χ1) is 9.85. The molecule has 2 fully saturated rings. The van der Waals surface area contributed by atoms with Gasteiger partial charge in [0.05, 0.1) is 12.8 Å². The molecule has 0 aromatic rings. The quantitative estimate of drug-likeness (QED) is 0.733. The normalized spacial score (nSPS) is 23.7. The molecule has 2 rings (SSSR count). The number of rotatable bonds is 5. The van der Waals surface area contributed by atoms with E-state index in [0.29, 0.717) is 32.6 Å². The number of nitrogens with zero attached hydrogens (tertiary/aromatic N) is 2. The Kier molecular flexibility index (Phi) is 5.21. The van der Waals surface area contributed by atoms with Gasteiger partial charge in [0, 0.05) is 32.6 Å². The monoisotopic (exact) mass is 317 g/mol. The summed E-state index contributed by atoms with van der Waals surface area (Å²) in [5.41, 5.74) is 0. The molecule has 0 aromatic heterocycles. The highest BCUT2D eigenvalue weighted by atomic mass is 32.2. The first-order valence-corrected chi connectivity index (χ1v) is 9.24. The summed E-state index contributed by atoms with van der Waals surface area (Å²) in [6.45, 7) is 2.44. The van der Waals surface area contributed by atoms with Crippen LogP contribution in [0.15, 0.2) is 0 Å². The van der Waals surface area contributed by atoms with Gasteiger partial charge in [-0.3, -0.25) is 9.59 Å². The smallest absolute Gasteiger partial charge is 0.242 e. The molecule has 0 radical (unpaired) electrons. The van der Waals surface area contributed by atoms with Crippen LogP contribution in [0.2, 0.25) is 0 Å². The predicted octanol–water partition coefficient (Wildman–Crippen LogP) is -0.603. The van der Waals surface area contributed by atoms with Crippen LogP contribution in [0.1, 0.15) is 25.7 Å². The van der Waals surface area contributed by atoms with Gasteiger partial charge in [-0.25, -0.2) is 13.1 Å². The number of carbonyl (C=O) groups excluding carboxylic acids is 2. The van der Waals surface area contributed by atoms with E-state index in [1.807, 2.05) is 0 Å². The van der Waals surface area contributed by atoms with Crippen molar-refractivity contribution in [3.63, 3.8) is 0 Å². The maximum absolute atomic E-state index is 12.2. The highest BCUT2D eigenvalue weighted by Gasteiger charge is 2.28. The Hall–Kier alpha value is -1.15. The summed E-state index contributed by atoms with van der Waals surface area (Å²) in [6, 6.07) is 0. The predicted molar refractivity (Wildman–Crippen MR) is 78.0 cm³/mol. The maximum Gasteiger partial charge on any atom is 0.242 e. The van der Waals surface area contributed by atoms with Crippen molar-refractivity contribution in [3.8, 4) is 0 Å². The highest BCUT2D eigenvalue weighted by Crippen LogP contribution is 2.17. The molecule has 2 amide bonds. The van der Waals surface area contributed by atoms with Crippen LogP contribution in [0.4, 0.5) is 0 Å². The molecule has 0 aliphatic carbocycles. The lowest BCUT2D eigenvalue weighted by molar-refractivity contribution is -0.139. The van der Waals surface area contributed by atoms with E-state index in [1.165, 1.54) is 0 Å². The van der Waals surface area contributed by atoms with Gasteiger partial charge in [0.15, 0.2) is 0 Å². The highest BCUT2D eigenvalue weighted by molar-refractivity contribution is 7.88. The standard InChI is InChI=1S/C13H23N3O4S/c1-21(19,20)14-8-11-4-2-6-15(9-11)13(18)10-16-7-3-5-12(16)17/h11,14H,2-10H2,1H3/t11-/m0/s1. The topological polar surface area (TPSA) is 86.8 Å². The van der Waals surface area contributed by atoms with Gasteiger partial charge in [-0.05, 0) is 25.2 Å². The summed E-state index contributed by atoms with van der Waals surface area (Å²) < 4.78 is 24.7. The fourth-order valence-corrected chi connectivity index (χ4v) is 3.40. The minimum absolute atomic E-state index is 0.0331. The number of amides is 2. The van der Waals surface area contributed by atoms with Crippen LogP contribution in [-0.4, -0.2) is 69.0 Å². The van der Waals surface area contributed by atoms with Crippen LogP contribution >= 0.6 is 0 Å². The van der Waals surface area contributed by atoms with E-state index in [-0.39, 0.29) is 24.3 Å². The average Bonchev–Trinajstić information content (AvgIpc) is 2.81. The number of piperidine rings is 1. The lowest BCUT2D eigenvalue weighted by Gasteiger charge is -2.33. The van der Waals surface area contributed by atoms with Gasteiger partial charge in [-0.2, -0.15) is 0 Å². The van der Waals surface area contributed by atoms with Crippen molar-refractivity contribution in [1.82, 2.24) is 14.5 Å². The number of likely N-dealkylation sites (tertiary alicyclic amines) is 2. The average molecular weight is 317 g/mol. The Morgan fingerprint density at radius 2 is 2.10 bits per heavy atom. The van der Waals surface area contributed by atoms with Crippen LogP contribution < -0.4 is 4.72 Å². The summed E-state index contributed by atoms with van der Waals surface area (Å²) in [5, 5.41) is 0. The van der Waals surface area contributed by atoms with E-state index < -0.39 is 10.0 Å². The molecular formula is C13H23N3O4S. The molecule has 0 unspecified atom stereocenters. The van der Waals surface area contributed by atoms with Crippen LogP contribution in [0.25, 0.3) is 0 Å². The van der Waals surface area contributed by atoms with Gasteiger partial charge in [-0.1, -0.05) is 0 Å². The zero-order valence-corrected chi connectivity index (χ0v) is 13.2. The van der Waals surface area contributed by atoms with Gasteiger partial charge in [-0.15, -0.1) is 0 Å². The van der Waals surface area contributed by atoms with Crippen LogP contribution in [0, 0.1) is 5.92 Å². The van der Waals surface area contributed by atoms with Crippen LogP contribution in [0.3, 0.4) is 0 Å². The molecule has 1 N–H and O–H groups in total. The second-order valence-corrected chi connectivity index (χ2v) is 7.72. The molecule has 7 nitrogen and oxygen atoms in total. The third-order valence-electron chi connectivity index (χ3n) is 4.00.